The molecule has 1 aromatic carbocycles. The van der Waals surface area contributed by atoms with Gasteiger partial charge in [-0.05, 0) is 24.5 Å². The number of methoxy groups -OCH3 is 1. The molecule has 0 spiro atoms. The van der Waals surface area contributed by atoms with E-state index in [0.29, 0.717) is 18.1 Å². The molecular weight excluding hydrogens is 278 g/mol. The molecule has 5 nitrogen and oxygen atoms in total. The van der Waals surface area contributed by atoms with Crippen molar-refractivity contribution in [1.29, 1.82) is 0 Å². The first-order chi connectivity index (χ1) is 10.7. The highest BCUT2D eigenvalue weighted by Gasteiger charge is 2.08. The third-order valence-corrected chi connectivity index (χ3v) is 3.35. The van der Waals surface area contributed by atoms with Gasteiger partial charge in [-0.25, -0.2) is 9.78 Å². The second-order valence-corrected chi connectivity index (χ2v) is 5.03. The van der Waals surface area contributed by atoms with E-state index in [2.05, 4.69) is 22.4 Å². The van der Waals surface area contributed by atoms with Crippen molar-refractivity contribution in [2.75, 3.05) is 26.0 Å². The van der Waals surface area contributed by atoms with E-state index in [1.807, 2.05) is 18.2 Å². The van der Waals surface area contributed by atoms with Gasteiger partial charge in [-0.3, -0.25) is 0 Å². The van der Waals surface area contributed by atoms with Gasteiger partial charge in [0.2, 0.25) is 5.88 Å². The van der Waals surface area contributed by atoms with Crippen LogP contribution in [0.15, 0.2) is 48.7 Å². The molecule has 0 atom stereocenters. The summed E-state index contributed by atoms with van der Waals surface area (Å²) < 4.78 is 4.98. The van der Waals surface area contributed by atoms with E-state index in [4.69, 9.17) is 4.74 Å². The van der Waals surface area contributed by atoms with E-state index in [9.17, 15) is 4.79 Å². The zero-order valence-corrected chi connectivity index (χ0v) is 13.0. The van der Waals surface area contributed by atoms with Crippen LogP contribution in [0.2, 0.25) is 0 Å². The molecule has 0 radical (unpaired) electrons. The fourth-order valence-corrected chi connectivity index (χ4v) is 2.06. The lowest BCUT2D eigenvalue weighted by Crippen LogP contribution is -2.32. The van der Waals surface area contributed by atoms with Crippen LogP contribution in [0.4, 0.5) is 10.5 Å². The first kappa shape index (κ1) is 15.8. The highest BCUT2D eigenvalue weighted by atomic mass is 16.5. The normalized spacial score (nSPS) is 10.1. The van der Waals surface area contributed by atoms with Gasteiger partial charge in [0.25, 0.3) is 0 Å². The third kappa shape index (κ3) is 4.77. The van der Waals surface area contributed by atoms with Crippen LogP contribution in [0.5, 0.6) is 5.88 Å². The monoisotopic (exact) mass is 299 g/mol. The molecule has 2 rings (SSSR count). The molecule has 1 N–H and O–H groups in total. The molecule has 22 heavy (non-hydrogen) atoms. The number of benzene rings is 1. The molecule has 2 amide bonds. The summed E-state index contributed by atoms with van der Waals surface area (Å²) in [6.07, 6.45) is 3.46. The molecule has 1 aromatic heterocycles. The van der Waals surface area contributed by atoms with Crippen molar-refractivity contribution >= 4 is 11.7 Å². The molecule has 0 aliphatic carbocycles. The Morgan fingerprint density at radius 2 is 2.00 bits per heavy atom. The van der Waals surface area contributed by atoms with E-state index >= 15 is 0 Å². The molecule has 0 saturated heterocycles. The summed E-state index contributed by atoms with van der Waals surface area (Å²) in [6.45, 7) is 0.699. The summed E-state index contributed by atoms with van der Waals surface area (Å²) >= 11 is 0. The molecule has 0 bridgehead atoms. The molecule has 5 heteroatoms. The SMILES string of the molecule is COc1ccc(NC(=O)N(C)CCCc2ccccc2)cn1. The molecule has 2 aromatic rings. The Hall–Kier alpha value is -2.56. The van der Waals surface area contributed by atoms with Gasteiger partial charge in [-0.1, -0.05) is 30.3 Å². The number of pyridine rings is 1. The summed E-state index contributed by atoms with van der Waals surface area (Å²) in [6, 6.07) is 13.6. The summed E-state index contributed by atoms with van der Waals surface area (Å²) in [5.74, 6) is 0.522. The van der Waals surface area contributed by atoms with E-state index in [1.54, 1.807) is 37.4 Å². The van der Waals surface area contributed by atoms with Crippen molar-refractivity contribution in [3.8, 4) is 5.88 Å². The predicted octanol–water partition coefficient (Wildman–Crippen LogP) is 3.19. The fraction of sp³-hybridized carbons (Fsp3) is 0.294. The minimum absolute atomic E-state index is 0.139. The number of rotatable bonds is 6. The second kappa shape index (κ2) is 8.02. The van der Waals surface area contributed by atoms with E-state index in [-0.39, 0.29) is 6.03 Å². The van der Waals surface area contributed by atoms with Gasteiger partial charge in [0, 0.05) is 19.7 Å². The molecule has 0 aliphatic heterocycles. The minimum atomic E-state index is -0.139. The number of ether oxygens (including phenoxy) is 1. The number of nitrogens with one attached hydrogen (secondary N) is 1. The van der Waals surface area contributed by atoms with Crippen molar-refractivity contribution in [2.24, 2.45) is 0 Å². The van der Waals surface area contributed by atoms with E-state index < -0.39 is 0 Å². The summed E-state index contributed by atoms with van der Waals surface area (Å²) in [5.41, 5.74) is 1.94. The number of nitrogens with zero attached hydrogens (tertiary/aromatic N) is 2. The van der Waals surface area contributed by atoms with Gasteiger partial charge in [-0.2, -0.15) is 0 Å². The number of amides is 2. The van der Waals surface area contributed by atoms with Crippen molar-refractivity contribution in [3.05, 3.63) is 54.2 Å². The summed E-state index contributed by atoms with van der Waals surface area (Å²) in [5, 5.41) is 2.81. The second-order valence-electron chi connectivity index (χ2n) is 5.03. The number of anilines is 1. The average molecular weight is 299 g/mol. The maximum Gasteiger partial charge on any atom is 0.321 e. The number of urea groups is 1. The molecule has 0 fully saturated rings. The standard InChI is InChI=1S/C17H21N3O2/c1-20(12-6-9-14-7-4-3-5-8-14)17(21)19-15-10-11-16(22-2)18-13-15/h3-5,7-8,10-11,13H,6,9,12H2,1-2H3,(H,19,21). The van der Waals surface area contributed by atoms with E-state index in [1.165, 1.54) is 5.56 Å². The van der Waals surface area contributed by atoms with Crippen LogP contribution >= 0.6 is 0 Å². The van der Waals surface area contributed by atoms with Crippen LogP contribution in [0.3, 0.4) is 0 Å². The largest absolute Gasteiger partial charge is 0.481 e. The lowest BCUT2D eigenvalue weighted by atomic mass is 10.1. The Kier molecular flexibility index (Phi) is 5.77. The van der Waals surface area contributed by atoms with Crippen LogP contribution in [-0.4, -0.2) is 36.6 Å². The topological polar surface area (TPSA) is 54.5 Å². The smallest absolute Gasteiger partial charge is 0.321 e. The fourth-order valence-electron chi connectivity index (χ4n) is 2.06. The number of aryl methyl sites for hydroxylation is 1. The van der Waals surface area contributed by atoms with Gasteiger partial charge < -0.3 is 15.0 Å². The Bertz CT molecular complexity index is 585. The van der Waals surface area contributed by atoms with Crippen LogP contribution in [0, 0.1) is 0 Å². The number of hydrogen-bond acceptors (Lipinski definition) is 3. The number of aromatic nitrogens is 1. The van der Waals surface area contributed by atoms with Crippen molar-refractivity contribution in [2.45, 2.75) is 12.8 Å². The predicted molar refractivity (Wildman–Crippen MR) is 87.2 cm³/mol. The van der Waals surface area contributed by atoms with Gasteiger partial charge in [0.15, 0.2) is 0 Å². The highest BCUT2D eigenvalue weighted by Crippen LogP contribution is 2.11. The van der Waals surface area contributed by atoms with Gasteiger partial charge >= 0.3 is 6.03 Å². The lowest BCUT2D eigenvalue weighted by molar-refractivity contribution is 0.222. The van der Waals surface area contributed by atoms with Crippen molar-refractivity contribution < 1.29 is 9.53 Å². The maximum atomic E-state index is 12.1. The lowest BCUT2D eigenvalue weighted by Gasteiger charge is -2.17. The Morgan fingerprint density at radius 3 is 2.64 bits per heavy atom. The first-order valence-electron chi connectivity index (χ1n) is 7.25. The van der Waals surface area contributed by atoms with Crippen molar-refractivity contribution in [3.63, 3.8) is 0 Å². The first-order valence-corrected chi connectivity index (χ1v) is 7.25. The summed E-state index contributed by atoms with van der Waals surface area (Å²) in [4.78, 5) is 17.8. The molecule has 0 saturated carbocycles. The Labute approximate surface area is 130 Å². The molecular formula is C17H21N3O2. The van der Waals surface area contributed by atoms with Crippen LogP contribution in [-0.2, 0) is 6.42 Å². The zero-order valence-electron chi connectivity index (χ0n) is 13.0. The third-order valence-electron chi connectivity index (χ3n) is 3.35. The van der Waals surface area contributed by atoms with Crippen LogP contribution < -0.4 is 10.1 Å². The van der Waals surface area contributed by atoms with Gasteiger partial charge in [0.05, 0.1) is 19.0 Å². The quantitative estimate of drug-likeness (QED) is 0.891. The van der Waals surface area contributed by atoms with Gasteiger partial charge in [0.1, 0.15) is 0 Å². The Morgan fingerprint density at radius 1 is 1.23 bits per heavy atom. The maximum absolute atomic E-state index is 12.1. The highest BCUT2D eigenvalue weighted by molar-refractivity contribution is 5.88. The molecule has 116 valence electrons. The van der Waals surface area contributed by atoms with Gasteiger partial charge in [-0.15, -0.1) is 0 Å². The van der Waals surface area contributed by atoms with E-state index in [0.717, 1.165) is 12.8 Å². The zero-order chi connectivity index (χ0) is 15.8. The van der Waals surface area contributed by atoms with Crippen LogP contribution in [0.1, 0.15) is 12.0 Å². The van der Waals surface area contributed by atoms with Crippen LogP contribution in [0.25, 0.3) is 0 Å². The summed E-state index contributed by atoms with van der Waals surface area (Å²) in [7, 11) is 3.35. The average Bonchev–Trinajstić information content (AvgIpc) is 2.56. The van der Waals surface area contributed by atoms with Crippen molar-refractivity contribution in [1.82, 2.24) is 9.88 Å². The minimum Gasteiger partial charge on any atom is -0.481 e. The Balaban J connectivity index is 1.76. The number of carbonyl (C=O) groups excluding carboxylic acids is 1. The molecule has 0 unspecified atom stereocenters. The molecule has 1 heterocycles. The number of hydrogen-bond donors (Lipinski definition) is 1. The number of carbonyl (C=O) groups is 1. The molecule has 0 aliphatic rings.